The molecule has 3 aliphatic heterocycles. The minimum atomic E-state index is 0.239. The van der Waals surface area contributed by atoms with Crippen molar-refractivity contribution in [2.24, 2.45) is 11.3 Å². The van der Waals surface area contributed by atoms with Crippen LogP contribution >= 0.6 is 11.8 Å². The van der Waals surface area contributed by atoms with Crippen LogP contribution in [0.15, 0.2) is 40.6 Å². The molecule has 0 amide bonds. The number of nitrogens with zero attached hydrogens (tertiary/aromatic N) is 5. The minimum absolute atomic E-state index is 0.239. The Bertz CT molecular complexity index is 888. The highest BCUT2D eigenvalue weighted by atomic mass is 32.2. The van der Waals surface area contributed by atoms with E-state index in [0.29, 0.717) is 17.4 Å². The molecule has 2 atom stereocenters. The van der Waals surface area contributed by atoms with Crippen LogP contribution in [0, 0.1) is 11.3 Å². The Morgan fingerprint density at radius 1 is 1.16 bits per heavy atom. The Kier molecular flexibility index (Phi) is 6.03. The van der Waals surface area contributed by atoms with Gasteiger partial charge in [-0.1, -0.05) is 11.8 Å². The molecule has 3 fully saturated rings. The van der Waals surface area contributed by atoms with Crippen molar-refractivity contribution in [2.75, 3.05) is 49.2 Å². The van der Waals surface area contributed by atoms with Gasteiger partial charge in [0, 0.05) is 44.9 Å². The van der Waals surface area contributed by atoms with Crippen LogP contribution in [0.3, 0.4) is 0 Å². The highest BCUT2D eigenvalue weighted by molar-refractivity contribution is 7.99. The lowest BCUT2D eigenvalue weighted by molar-refractivity contribution is 0.0976. The number of aliphatic hydroxyl groups is 1. The van der Waals surface area contributed by atoms with Crippen LogP contribution in [0.1, 0.15) is 32.6 Å². The number of pyridine rings is 1. The Morgan fingerprint density at radius 3 is 2.71 bits per heavy atom. The summed E-state index contributed by atoms with van der Waals surface area (Å²) in [5.74, 6) is 2.27. The van der Waals surface area contributed by atoms with E-state index in [1.54, 1.807) is 11.8 Å². The van der Waals surface area contributed by atoms with Crippen LogP contribution in [0.25, 0.3) is 0 Å². The quantitative estimate of drug-likeness (QED) is 0.758. The number of rotatable bonds is 5. The van der Waals surface area contributed by atoms with E-state index in [1.165, 1.54) is 19.3 Å². The lowest BCUT2D eigenvalue weighted by Gasteiger charge is -2.38. The molecular weight excluding hydrogens is 410 g/mol. The summed E-state index contributed by atoms with van der Waals surface area (Å²) in [5, 5.41) is 10.3. The number of piperidine rings is 1. The summed E-state index contributed by atoms with van der Waals surface area (Å²) in [6, 6.07) is 4.05. The molecule has 2 aromatic rings. The smallest absolute Gasteiger partial charge is 0.147 e. The first-order chi connectivity index (χ1) is 15.1. The van der Waals surface area contributed by atoms with E-state index in [1.807, 2.05) is 24.7 Å². The maximum absolute atomic E-state index is 9.46. The van der Waals surface area contributed by atoms with Gasteiger partial charge in [0.05, 0.1) is 30.0 Å². The highest BCUT2D eigenvalue weighted by Crippen LogP contribution is 2.42. The van der Waals surface area contributed by atoms with Crippen molar-refractivity contribution in [1.29, 1.82) is 0 Å². The van der Waals surface area contributed by atoms with Crippen molar-refractivity contribution < 1.29 is 9.84 Å². The summed E-state index contributed by atoms with van der Waals surface area (Å²) in [6.07, 6.45) is 10.5. The van der Waals surface area contributed by atoms with Gasteiger partial charge in [-0.25, -0.2) is 15.0 Å². The maximum Gasteiger partial charge on any atom is 0.147 e. The fourth-order valence-corrected chi connectivity index (χ4v) is 5.97. The zero-order valence-corrected chi connectivity index (χ0v) is 18.9. The number of hydrogen-bond acceptors (Lipinski definition) is 8. The van der Waals surface area contributed by atoms with Crippen molar-refractivity contribution in [2.45, 2.75) is 48.6 Å². The average Bonchev–Trinajstić information content (AvgIpc) is 3.42. The molecule has 5 heterocycles. The molecular formula is C23H31N5O2S. The summed E-state index contributed by atoms with van der Waals surface area (Å²) < 4.78 is 5.85. The van der Waals surface area contributed by atoms with Crippen LogP contribution in [0.4, 0.5) is 11.6 Å². The molecule has 0 aliphatic carbocycles. The van der Waals surface area contributed by atoms with E-state index in [0.717, 1.165) is 60.8 Å². The molecule has 3 aliphatic rings. The predicted octanol–water partition coefficient (Wildman–Crippen LogP) is 3.24. The van der Waals surface area contributed by atoms with Gasteiger partial charge in [-0.15, -0.1) is 0 Å². The van der Waals surface area contributed by atoms with E-state index in [9.17, 15) is 5.11 Å². The molecule has 31 heavy (non-hydrogen) atoms. The van der Waals surface area contributed by atoms with Crippen LogP contribution < -0.4 is 9.80 Å². The maximum atomic E-state index is 9.46. The summed E-state index contributed by atoms with van der Waals surface area (Å²) in [4.78, 5) is 19.7. The Labute approximate surface area is 188 Å². The largest absolute Gasteiger partial charge is 0.396 e. The summed E-state index contributed by atoms with van der Waals surface area (Å²) in [6.45, 7) is 7.16. The highest BCUT2D eigenvalue weighted by Gasteiger charge is 2.41. The Morgan fingerprint density at radius 2 is 2.03 bits per heavy atom. The molecule has 166 valence electrons. The van der Waals surface area contributed by atoms with Crippen molar-refractivity contribution in [3.63, 3.8) is 0 Å². The topological polar surface area (TPSA) is 74.6 Å². The van der Waals surface area contributed by atoms with E-state index in [2.05, 4.69) is 27.8 Å². The first-order valence-electron chi connectivity index (χ1n) is 11.3. The Balaban J connectivity index is 1.23. The van der Waals surface area contributed by atoms with Gasteiger partial charge in [-0.05, 0) is 50.2 Å². The molecule has 3 saturated heterocycles. The van der Waals surface area contributed by atoms with Gasteiger partial charge in [0.25, 0.3) is 0 Å². The van der Waals surface area contributed by atoms with Crippen molar-refractivity contribution in [1.82, 2.24) is 15.0 Å². The zero-order chi connectivity index (χ0) is 21.3. The number of anilines is 2. The van der Waals surface area contributed by atoms with Gasteiger partial charge in [0.1, 0.15) is 16.7 Å². The molecule has 7 nitrogen and oxygen atoms in total. The number of aliphatic hydroxyl groups excluding tert-OH is 1. The van der Waals surface area contributed by atoms with Gasteiger partial charge in [-0.2, -0.15) is 0 Å². The van der Waals surface area contributed by atoms with Gasteiger partial charge < -0.3 is 19.6 Å². The van der Waals surface area contributed by atoms with Gasteiger partial charge in [0.2, 0.25) is 0 Å². The minimum Gasteiger partial charge on any atom is -0.396 e. The van der Waals surface area contributed by atoms with Crippen molar-refractivity contribution >= 4 is 23.4 Å². The monoisotopic (exact) mass is 441 g/mol. The molecule has 0 saturated carbocycles. The SMILES string of the molecule is C[C@H]1CC2(CCN(c3cnc(Sc4cccnc4N4CCC(CO)C4)cn3)CC2)CO1. The molecule has 0 bridgehead atoms. The summed E-state index contributed by atoms with van der Waals surface area (Å²) in [7, 11) is 0. The van der Waals surface area contributed by atoms with Crippen LogP contribution in [0.5, 0.6) is 0 Å². The molecule has 5 rings (SSSR count). The van der Waals surface area contributed by atoms with Crippen molar-refractivity contribution in [3.8, 4) is 0 Å². The fourth-order valence-electron chi connectivity index (χ4n) is 5.12. The molecule has 8 heteroatoms. The molecule has 1 N–H and O–H groups in total. The lowest BCUT2D eigenvalue weighted by Crippen LogP contribution is -2.41. The fraction of sp³-hybridized carbons (Fsp3) is 0.609. The normalized spacial score (nSPS) is 25.5. The number of ether oxygens (including phenoxy) is 1. The third-order valence-corrected chi connectivity index (χ3v) is 7.92. The Hall–Kier alpha value is -1.90. The second kappa shape index (κ2) is 8.92. The first kappa shape index (κ1) is 21.0. The predicted molar refractivity (Wildman–Crippen MR) is 122 cm³/mol. The van der Waals surface area contributed by atoms with Gasteiger partial charge in [0.15, 0.2) is 0 Å². The molecule has 1 unspecified atom stereocenters. The third-order valence-electron chi connectivity index (χ3n) is 6.97. The van der Waals surface area contributed by atoms with E-state index < -0.39 is 0 Å². The van der Waals surface area contributed by atoms with Crippen molar-refractivity contribution in [3.05, 3.63) is 30.7 Å². The third kappa shape index (κ3) is 4.52. The standard InChI is InChI=1S/C23H31N5O2S/c1-17-11-23(16-30-17)5-9-27(10-6-23)20-12-26-21(13-25-20)31-19-3-2-7-24-22(19)28-8-4-18(14-28)15-29/h2-3,7,12-13,17-18,29H,4-6,8-11,14-16H2,1H3/t17-,18?/m0/s1. The average molecular weight is 442 g/mol. The van der Waals surface area contributed by atoms with Crippen LogP contribution in [-0.4, -0.2) is 65.6 Å². The second-order valence-electron chi connectivity index (χ2n) is 9.24. The van der Waals surface area contributed by atoms with Gasteiger partial charge >= 0.3 is 0 Å². The van der Waals surface area contributed by atoms with Crippen LogP contribution in [0.2, 0.25) is 0 Å². The van der Waals surface area contributed by atoms with Crippen LogP contribution in [-0.2, 0) is 4.74 Å². The van der Waals surface area contributed by atoms with E-state index in [-0.39, 0.29) is 6.61 Å². The summed E-state index contributed by atoms with van der Waals surface area (Å²) in [5.41, 5.74) is 0.375. The number of hydrogen-bond donors (Lipinski definition) is 1. The zero-order valence-electron chi connectivity index (χ0n) is 18.1. The molecule has 2 aromatic heterocycles. The lowest BCUT2D eigenvalue weighted by atomic mass is 9.77. The number of aromatic nitrogens is 3. The van der Waals surface area contributed by atoms with E-state index >= 15 is 0 Å². The second-order valence-corrected chi connectivity index (χ2v) is 10.3. The van der Waals surface area contributed by atoms with Gasteiger partial charge in [-0.3, -0.25) is 0 Å². The molecule has 0 aromatic carbocycles. The molecule has 0 radical (unpaired) electrons. The molecule has 1 spiro atoms. The first-order valence-corrected chi connectivity index (χ1v) is 12.1. The summed E-state index contributed by atoms with van der Waals surface area (Å²) >= 11 is 1.61. The van der Waals surface area contributed by atoms with E-state index in [4.69, 9.17) is 14.7 Å².